The maximum atomic E-state index is 11.9. The van der Waals surface area contributed by atoms with Gasteiger partial charge in [0.15, 0.2) is 0 Å². The highest BCUT2D eigenvalue weighted by atomic mass is 16.5. The Kier molecular flexibility index (Phi) is 32.2. The molecule has 0 heterocycles. The van der Waals surface area contributed by atoms with Gasteiger partial charge >= 0.3 is 5.97 Å². The molecule has 0 saturated carbocycles. The third kappa shape index (κ3) is 33.5. The molecule has 0 aliphatic heterocycles. The summed E-state index contributed by atoms with van der Waals surface area (Å²) in [6.07, 6.45) is 40.2. The Balaban J connectivity index is 3.13. The molecule has 0 aromatic carbocycles. The first-order valence-corrected chi connectivity index (χ1v) is 17.8. The molecule has 0 aromatic heterocycles. The zero-order chi connectivity index (χ0) is 27.8. The van der Waals surface area contributed by atoms with Crippen molar-refractivity contribution in [3.63, 3.8) is 0 Å². The maximum Gasteiger partial charge on any atom is 0.305 e. The average molecular weight is 537 g/mol. The molecule has 0 bridgehead atoms. The van der Waals surface area contributed by atoms with Crippen LogP contribution in [0.1, 0.15) is 213 Å². The molecular formula is C36H72O2. The molecule has 2 heteroatoms. The molecule has 38 heavy (non-hydrogen) atoms. The van der Waals surface area contributed by atoms with E-state index in [9.17, 15) is 4.79 Å². The van der Waals surface area contributed by atoms with Crippen LogP contribution in [0.3, 0.4) is 0 Å². The van der Waals surface area contributed by atoms with Gasteiger partial charge in [0.25, 0.3) is 0 Å². The van der Waals surface area contributed by atoms with Crippen LogP contribution < -0.4 is 0 Å². The van der Waals surface area contributed by atoms with E-state index in [2.05, 4.69) is 20.8 Å². The predicted octanol–water partition coefficient (Wildman–Crippen LogP) is 12.9. The van der Waals surface area contributed by atoms with Crippen LogP contribution in [0, 0.1) is 5.92 Å². The van der Waals surface area contributed by atoms with E-state index in [4.69, 9.17) is 4.74 Å². The lowest BCUT2D eigenvalue weighted by Gasteiger charge is -2.06. The first-order valence-electron chi connectivity index (χ1n) is 17.8. The molecule has 0 spiro atoms. The van der Waals surface area contributed by atoms with Crippen molar-refractivity contribution in [2.45, 2.75) is 213 Å². The number of unbranched alkanes of at least 4 members (excludes halogenated alkanes) is 26. The highest BCUT2D eigenvalue weighted by Gasteiger charge is 2.03. The molecule has 0 amide bonds. The molecule has 0 unspecified atom stereocenters. The molecule has 0 aromatic rings. The minimum atomic E-state index is 0.0259. The number of carbonyl (C=O) groups excluding carboxylic acids is 1. The fraction of sp³-hybridized carbons (Fsp3) is 0.972. The van der Waals surface area contributed by atoms with Crippen LogP contribution in [0.25, 0.3) is 0 Å². The van der Waals surface area contributed by atoms with Crippen LogP contribution >= 0.6 is 0 Å². The fourth-order valence-corrected chi connectivity index (χ4v) is 5.50. The lowest BCUT2D eigenvalue weighted by Crippen LogP contribution is -2.05. The number of hydrogen-bond donors (Lipinski definition) is 0. The Morgan fingerprint density at radius 2 is 0.763 bits per heavy atom. The van der Waals surface area contributed by atoms with Crippen molar-refractivity contribution < 1.29 is 9.53 Å². The standard InChI is InChI=1S/C36H72O2/c1-4-5-6-7-8-9-17-21-24-27-30-33-36(37)38-34-31-28-25-22-19-16-14-12-10-11-13-15-18-20-23-26-29-32-35(2)3/h35H,4-34H2,1-3H3. The second-order valence-electron chi connectivity index (χ2n) is 12.7. The zero-order valence-corrected chi connectivity index (χ0v) is 26.8. The number of esters is 1. The Labute approximate surface area is 241 Å². The monoisotopic (exact) mass is 537 g/mol. The van der Waals surface area contributed by atoms with E-state index in [0.29, 0.717) is 13.0 Å². The van der Waals surface area contributed by atoms with E-state index >= 15 is 0 Å². The minimum Gasteiger partial charge on any atom is -0.466 e. The second kappa shape index (κ2) is 32.7. The van der Waals surface area contributed by atoms with E-state index < -0.39 is 0 Å². The number of hydrogen-bond acceptors (Lipinski definition) is 2. The van der Waals surface area contributed by atoms with Crippen molar-refractivity contribution in [3.05, 3.63) is 0 Å². The Morgan fingerprint density at radius 1 is 0.447 bits per heavy atom. The van der Waals surface area contributed by atoms with Crippen molar-refractivity contribution in [2.24, 2.45) is 5.92 Å². The minimum absolute atomic E-state index is 0.0259. The molecule has 0 aliphatic carbocycles. The van der Waals surface area contributed by atoms with E-state index in [1.54, 1.807) is 0 Å². The molecule has 0 N–H and O–H groups in total. The fourth-order valence-electron chi connectivity index (χ4n) is 5.50. The molecule has 0 fully saturated rings. The predicted molar refractivity (Wildman–Crippen MR) is 170 cm³/mol. The molecule has 0 rings (SSSR count). The zero-order valence-electron chi connectivity index (χ0n) is 26.8. The summed E-state index contributed by atoms with van der Waals surface area (Å²) >= 11 is 0. The smallest absolute Gasteiger partial charge is 0.305 e. The Bertz CT molecular complexity index is 445. The number of carbonyl (C=O) groups is 1. The Morgan fingerprint density at radius 3 is 1.13 bits per heavy atom. The van der Waals surface area contributed by atoms with E-state index in [1.807, 2.05) is 0 Å². The molecule has 0 saturated heterocycles. The van der Waals surface area contributed by atoms with Crippen molar-refractivity contribution in [2.75, 3.05) is 6.61 Å². The molecule has 228 valence electrons. The third-order valence-electron chi connectivity index (χ3n) is 8.17. The summed E-state index contributed by atoms with van der Waals surface area (Å²) in [5.41, 5.74) is 0. The lowest BCUT2D eigenvalue weighted by molar-refractivity contribution is -0.143. The van der Waals surface area contributed by atoms with Crippen LogP contribution in [-0.2, 0) is 9.53 Å². The summed E-state index contributed by atoms with van der Waals surface area (Å²) in [5, 5.41) is 0. The van der Waals surface area contributed by atoms with Gasteiger partial charge in [0.05, 0.1) is 6.61 Å². The van der Waals surface area contributed by atoms with Crippen molar-refractivity contribution in [1.82, 2.24) is 0 Å². The topological polar surface area (TPSA) is 26.3 Å². The van der Waals surface area contributed by atoms with Gasteiger partial charge in [0.2, 0.25) is 0 Å². The van der Waals surface area contributed by atoms with Crippen LogP contribution in [0.5, 0.6) is 0 Å². The number of ether oxygens (including phenoxy) is 1. The molecule has 0 atom stereocenters. The van der Waals surface area contributed by atoms with Crippen LogP contribution in [-0.4, -0.2) is 12.6 Å². The summed E-state index contributed by atoms with van der Waals surface area (Å²) < 4.78 is 5.43. The summed E-state index contributed by atoms with van der Waals surface area (Å²) in [6.45, 7) is 7.58. The van der Waals surface area contributed by atoms with E-state index in [-0.39, 0.29) is 5.97 Å². The number of rotatable bonds is 32. The van der Waals surface area contributed by atoms with Crippen molar-refractivity contribution >= 4 is 5.97 Å². The van der Waals surface area contributed by atoms with Crippen LogP contribution in [0.4, 0.5) is 0 Å². The summed E-state index contributed by atoms with van der Waals surface area (Å²) in [4.78, 5) is 11.9. The molecule has 0 aliphatic rings. The van der Waals surface area contributed by atoms with E-state index in [0.717, 1.165) is 18.8 Å². The van der Waals surface area contributed by atoms with Gasteiger partial charge in [-0.2, -0.15) is 0 Å². The second-order valence-corrected chi connectivity index (χ2v) is 12.7. The SMILES string of the molecule is CCCCCCCCCCCCCC(=O)OCCCCCCCCCCCCCCCCCCCC(C)C. The molecule has 2 nitrogen and oxygen atoms in total. The normalized spacial score (nSPS) is 11.5. The lowest BCUT2D eigenvalue weighted by atomic mass is 10.0. The Hall–Kier alpha value is -0.530. The quantitative estimate of drug-likeness (QED) is 0.0631. The maximum absolute atomic E-state index is 11.9. The first kappa shape index (κ1) is 37.5. The van der Waals surface area contributed by atoms with Crippen molar-refractivity contribution in [1.29, 1.82) is 0 Å². The summed E-state index contributed by atoms with van der Waals surface area (Å²) in [5.74, 6) is 0.907. The van der Waals surface area contributed by atoms with Crippen LogP contribution in [0.15, 0.2) is 0 Å². The van der Waals surface area contributed by atoms with Gasteiger partial charge in [-0.3, -0.25) is 4.79 Å². The van der Waals surface area contributed by atoms with Gasteiger partial charge in [-0.15, -0.1) is 0 Å². The first-order chi connectivity index (χ1) is 18.7. The molecule has 0 radical (unpaired) electrons. The summed E-state index contributed by atoms with van der Waals surface area (Å²) in [7, 11) is 0. The summed E-state index contributed by atoms with van der Waals surface area (Å²) in [6, 6.07) is 0. The van der Waals surface area contributed by atoms with Gasteiger partial charge in [0, 0.05) is 6.42 Å². The van der Waals surface area contributed by atoms with Gasteiger partial charge in [-0.25, -0.2) is 0 Å². The highest BCUT2D eigenvalue weighted by Crippen LogP contribution is 2.16. The van der Waals surface area contributed by atoms with Gasteiger partial charge < -0.3 is 4.74 Å². The van der Waals surface area contributed by atoms with Gasteiger partial charge in [-0.1, -0.05) is 194 Å². The largest absolute Gasteiger partial charge is 0.466 e. The van der Waals surface area contributed by atoms with E-state index in [1.165, 1.54) is 173 Å². The molecular weight excluding hydrogens is 464 g/mol. The van der Waals surface area contributed by atoms with Crippen molar-refractivity contribution in [3.8, 4) is 0 Å². The van der Waals surface area contributed by atoms with Crippen LogP contribution in [0.2, 0.25) is 0 Å². The van der Waals surface area contributed by atoms with Gasteiger partial charge in [0.1, 0.15) is 0 Å². The average Bonchev–Trinajstić information content (AvgIpc) is 2.90. The van der Waals surface area contributed by atoms with Gasteiger partial charge in [-0.05, 0) is 18.8 Å². The highest BCUT2D eigenvalue weighted by molar-refractivity contribution is 5.69. The third-order valence-corrected chi connectivity index (χ3v) is 8.17.